The fraction of sp³-hybridized carbons (Fsp3) is 0. The third-order valence-corrected chi connectivity index (χ3v) is 2.19. The molecule has 0 amide bonds. The fourth-order valence-corrected chi connectivity index (χ4v) is 1.37. The van der Waals surface area contributed by atoms with Gasteiger partial charge in [-0.1, -0.05) is 11.6 Å². The average Bonchev–Trinajstić information content (AvgIpc) is 1.99. The van der Waals surface area contributed by atoms with Gasteiger partial charge in [-0.25, -0.2) is 4.39 Å². The van der Waals surface area contributed by atoms with E-state index >= 15 is 0 Å². The summed E-state index contributed by atoms with van der Waals surface area (Å²) in [5, 5.41) is 8.36. The first-order valence-electron chi connectivity index (χ1n) is 2.70. The quantitative estimate of drug-likeness (QED) is 0.633. The highest BCUT2D eigenvalue weighted by Gasteiger charge is 2.08. The standard InChI is InChI=1S/C7H2BrClFN/c8-5-1-2-6(10)7(9)4(5)3-11/h1-2H. The van der Waals surface area contributed by atoms with Crippen LogP contribution in [0, 0.1) is 17.1 Å². The third kappa shape index (κ3) is 1.52. The highest BCUT2D eigenvalue weighted by atomic mass is 79.9. The molecule has 0 saturated carbocycles. The Morgan fingerprint density at radius 2 is 2.18 bits per heavy atom. The maximum atomic E-state index is 12.6. The van der Waals surface area contributed by atoms with E-state index < -0.39 is 5.82 Å². The van der Waals surface area contributed by atoms with Crippen molar-refractivity contribution in [1.82, 2.24) is 0 Å². The summed E-state index contributed by atoms with van der Waals surface area (Å²) in [6, 6.07) is 4.43. The molecular weight excluding hydrogens is 232 g/mol. The van der Waals surface area contributed by atoms with Crippen LogP contribution in [0.25, 0.3) is 0 Å². The van der Waals surface area contributed by atoms with E-state index in [-0.39, 0.29) is 10.6 Å². The predicted octanol–water partition coefficient (Wildman–Crippen LogP) is 3.11. The summed E-state index contributed by atoms with van der Waals surface area (Å²) in [5.74, 6) is -0.577. The van der Waals surface area contributed by atoms with Gasteiger partial charge in [0.1, 0.15) is 11.9 Å². The monoisotopic (exact) mass is 233 g/mol. The van der Waals surface area contributed by atoms with Gasteiger partial charge in [0.05, 0.1) is 10.6 Å². The molecule has 1 nitrogen and oxygen atoms in total. The summed E-state index contributed by atoms with van der Waals surface area (Å²) in [7, 11) is 0. The SMILES string of the molecule is N#Cc1c(Br)ccc(F)c1Cl. The average molecular weight is 234 g/mol. The summed E-state index contributed by atoms with van der Waals surface area (Å²) >= 11 is 8.54. The van der Waals surface area contributed by atoms with Gasteiger partial charge in [-0.3, -0.25) is 0 Å². The molecule has 0 atom stereocenters. The van der Waals surface area contributed by atoms with Gasteiger partial charge in [0.25, 0.3) is 0 Å². The molecule has 0 aromatic heterocycles. The lowest BCUT2D eigenvalue weighted by molar-refractivity contribution is 0.627. The molecule has 0 aliphatic carbocycles. The number of benzene rings is 1. The van der Waals surface area contributed by atoms with E-state index in [0.717, 1.165) is 0 Å². The van der Waals surface area contributed by atoms with Crippen LogP contribution < -0.4 is 0 Å². The zero-order chi connectivity index (χ0) is 8.43. The Balaban J connectivity index is 3.44. The van der Waals surface area contributed by atoms with E-state index in [1.54, 1.807) is 6.07 Å². The number of hydrogen-bond acceptors (Lipinski definition) is 1. The van der Waals surface area contributed by atoms with Crippen LogP contribution in [0.3, 0.4) is 0 Å². The number of nitriles is 1. The second-order valence-electron chi connectivity index (χ2n) is 1.83. The molecule has 1 aromatic rings. The van der Waals surface area contributed by atoms with Crippen molar-refractivity contribution in [1.29, 1.82) is 5.26 Å². The van der Waals surface area contributed by atoms with E-state index in [4.69, 9.17) is 16.9 Å². The van der Waals surface area contributed by atoms with E-state index in [9.17, 15) is 4.39 Å². The second-order valence-corrected chi connectivity index (χ2v) is 3.06. The number of rotatable bonds is 0. The first-order valence-corrected chi connectivity index (χ1v) is 3.87. The summed E-state index contributed by atoms with van der Waals surface area (Å²) in [5.41, 5.74) is 0.131. The van der Waals surface area contributed by atoms with Crippen LogP contribution in [0.15, 0.2) is 16.6 Å². The zero-order valence-corrected chi connectivity index (χ0v) is 7.58. The molecule has 4 heteroatoms. The van der Waals surface area contributed by atoms with Crippen LogP contribution in [-0.2, 0) is 0 Å². The van der Waals surface area contributed by atoms with Crippen LogP contribution in [-0.4, -0.2) is 0 Å². The van der Waals surface area contributed by atoms with Crippen molar-refractivity contribution in [3.63, 3.8) is 0 Å². The van der Waals surface area contributed by atoms with Crippen LogP contribution in [0.2, 0.25) is 5.02 Å². The first-order chi connectivity index (χ1) is 5.16. The molecule has 0 saturated heterocycles. The summed E-state index contributed by atoms with van der Waals surface area (Å²) in [4.78, 5) is 0. The Hall–Kier alpha value is -0.590. The van der Waals surface area contributed by atoms with Gasteiger partial charge >= 0.3 is 0 Å². The highest BCUT2D eigenvalue weighted by Crippen LogP contribution is 2.26. The van der Waals surface area contributed by atoms with Crippen LogP contribution in [0.4, 0.5) is 4.39 Å². The van der Waals surface area contributed by atoms with Crippen molar-refractivity contribution in [2.45, 2.75) is 0 Å². The van der Waals surface area contributed by atoms with Crippen molar-refractivity contribution < 1.29 is 4.39 Å². The molecule has 0 unspecified atom stereocenters. The van der Waals surface area contributed by atoms with Gasteiger partial charge in [-0.05, 0) is 28.1 Å². The van der Waals surface area contributed by atoms with Crippen LogP contribution in [0.5, 0.6) is 0 Å². The molecule has 0 N–H and O–H groups in total. The first kappa shape index (κ1) is 8.51. The maximum absolute atomic E-state index is 12.6. The number of hydrogen-bond donors (Lipinski definition) is 0. The van der Waals surface area contributed by atoms with Crippen LogP contribution >= 0.6 is 27.5 Å². The van der Waals surface area contributed by atoms with Gasteiger partial charge in [0.2, 0.25) is 0 Å². The Morgan fingerprint density at radius 3 is 2.64 bits per heavy atom. The third-order valence-electron chi connectivity index (χ3n) is 1.16. The Morgan fingerprint density at radius 1 is 1.55 bits per heavy atom. The van der Waals surface area contributed by atoms with Gasteiger partial charge in [0, 0.05) is 4.47 Å². The van der Waals surface area contributed by atoms with Crippen molar-refractivity contribution >= 4 is 27.5 Å². The lowest BCUT2D eigenvalue weighted by Gasteiger charge is -1.97. The smallest absolute Gasteiger partial charge is 0.143 e. The van der Waals surface area contributed by atoms with E-state index in [1.165, 1.54) is 12.1 Å². The molecule has 0 bridgehead atoms. The summed E-state index contributed by atoms with van der Waals surface area (Å²) in [6.07, 6.45) is 0. The number of nitrogens with zero attached hydrogens (tertiary/aromatic N) is 1. The molecule has 0 aliphatic heterocycles. The van der Waals surface area contributed by atoms with E-state index in [2.05, 4.69) is 15.9 Å². The van der Waals surface area contributed by atoms with E-state index in [0.29, 0.717) is 4.47 Å². The molecule has 0 aliphatic rings. The van der Waals surface area contributed by atoms with Crippen LogP contribution in [0.1, 0.15) is 5.56 Å². The van der Waals surface area contributed by atoms with Gasteiger partial charge in [-0.15, -0.1) is 0 Å². The molecule has 0 heterocycles. The molecule has 56 valence electrons. The molecule has 0 fully saturated rings. The molecule has 0 spiro atoms. The minimum Gasteiger partial charge on any atom is -0.205 e. The zero-order valence-electron chi connectivity index (χ0n) is 5.24. The molecule has 11 heavy (non-hydrogen) atoms. The van der Waals surface area contributed by atoms with Crippen molar-refractivity contribution in [3.8, 4) is 6.07 Å². The highest BCUT2D eigenvalue weighted by molar-refractivity contribution is 9.10. The Bertz CT molecular complexity index is 332. The van der Waals surface area contributed by atoms with Crippen molar-refractivity contribution in [2.24, 2.45) is 0 Å². The lowest BCUT2D eigenvalue weighted by Crippen LogP contribution is -1.83. The molecular formula is C7H2BrClFN. The van der Waals surface area contributed by atoms with Gasteiger partial charge in [0.15, 0.2) is 0 Å². The van der Waals surface area contributed by atoms with Crippen molar-refractivity contribution in [3.05, 3.63) is 33.0 Å². The Labute approximate surface area is 76.5 Å². The minimum atomic E-state index is -0.577. The fourth-order valence-electron chi connectivity index (χ4n) is 0.630. The van der Waals surface area contributed by atoms with Gasteiger partial charge < -0.3 is 0 Å². The maximum Gasteiger partial charge on any atom is 0.143 e. The predicted molar refractivity (Wildman–Crippen MR) is 43.8 cm³/mol. The largest absolute Gasteiger partial charge is 0.205 e. The second kappa shape index (κ2) is 3.21. The normalized spacial score (nSPS) is 9.27. The molecule has 1 rings (SSSR count). The topological polar surface area (TPSA) is 23.8 Å². The summed E-state index contributed by atoms with van der Waals surface area (Å²) in [6.45, 7) is 0. The Kier molecular flexibility index (Phi) is 2.48. The van der Waals surface area contributed by atoms with Crippen molar-refractivity contribution in [2.75, 3.05) is 0 Å². The molecule has 0 radical (unpaired) electrons. The van der Waals surface area contributed by atoms with E-state index in [1.807, 2.05) is 0 Å². The minimum absolute atomic E-state index is 0.131. The lowest BCUT2D eigenvalue weighted by atomic mass is 10.2. The van der Waals surface area contributed by atoms with Gasteiger partial charge in [-0.2, -0.15) is 5.26 Å². The molecule has 1 aromatic carbocycles. The number of halogens is 3. The summed E-state index contributed by atoms with van der Waals surface area (Å²) < 4.78 is 13.1.